The monoisotopic (exact) mass is 275 g/mol. The number of nitrogens with one attached hydrogen (secondary N) is 1. The van der Waals surface area contributed by atoms with Gasteiger partial charge in [-0.05, 0) is 45.4 Å². The third-order valence-corrected chi connectivity index (χ3v) is 3.09. The van der Waals surface area contributed by atoms with E-state index in [0.29, 0.717) is 6.54 Å². The maximum Gasteiger partial charge on any atom is 0.123 e. The average molecular weight is 275 g/mol. The van der Waals surface area contributed by atoms with E-state index in [0.717, 1.165) is 17.8 Å². The lowest BCUT2D eigenvalue weighted by molar-refractivity contribution is 0.423. The van der Waals surface area contributed by atoms with Crippen LogP contribution in [0.3, 0.4) is 0 Å². The zero-order chi connectivity index (χ0) is 14.8. The molecular weight excluding hydrogens is 253 g/mol. The number of benzene rings is 1. The topological polar surface area (TPSA) is 29.9 Å². The van der Waals surface area contributed by atoms with Crippen LogP contribution >= 0.6 is 0 Å². The van der Waals surface area contributed by atoms with Crippen molar-refractivity contribution in [1.82, 2.24) is 15.1 Å². The molecule has 0 radical (unpaired) electrons. The summed E-state index contributed by atoms with van der Waals surface area (Å²) in [6, 6.07) is 6.64. The first kappa shape index (κ1) is 14.7. The average Bonchev–Trinajstić information content (AvgIpc) is 2.66. The van der Waals surface area contributed by atoms with Crippen LogP contribution in [-0.2, 0) is 13.1 Å². The van der Waals surface area contributed by atoms with Crippen LogP contribution in [0.25, 0.3) is 0 Å². The van der Waals surface area contributed by atoms with Gasteiger partial charge in [0.1, 0.15) is 5.82 Å². The minimum atomic E-state index is -0.207. The van der Waals surface area contributed by atoms with Crippen molar-refractivity contribution in [3.05, 3.63) is 53.1 Å². The Balaban J connectivity index is 2.07. The van der Waals surface area contributed by atoms with Crippen LogP contribution in [0, 0.1) is 12.7 Å². The second kappa shape index (κ2) is 5.75. The predicted molar refractivity (Wildman–Crippen MR) is 79.1 cm³/mol. The molecule has 1 aromatic heterocycles. The summed E-state index contributed by atoms with van der Waals surface area (Å²) in [6.07, 6.45) is 2.03. The molecule has 4 heteroatoms. The first-order chi connectivity index (χ1) is 9.33. The molecule has 0 amide bonds. The Morgan fingerprint density at radius 3 is 2.70 bits per heavy atom. The largest absolute Gasteiger partial charge is 0.308 e. The van der Waals surface area contributed by atoms with Crippen LogP contribution in [0.5, 0.6) is 0 Å². The minimum absolute atomic E-state index is 0.0805. The molecule has 1 N–H and O–H groups in total. The van der Waals surface area contributed by atoms with E-state index in [1.54, 1.807) is 12.1 Å². The van der Waals surface area contributed by atoms with E-state index in [2.05, 4.69) is 31.2 Å². The number of nitrogens with zero attached hydrogens (tertiary/aromatic N) is 2. The van der Waals surface area contributed by atoms with Gasteiger partial charge in [0.25, 0.3) is 0 Å². The molecule has 2 rings (SSSR count). The second-order valence-electron chi connectivity index (χ2n) is 6.17. The number of halogens is 1. The van der Waals surface area contributed by atoms with Crippen LogP contribution < -0.4 is 5.32 Å². The summed E-state index contributed by atoms with van der Waals surface area (Å²) in [5.74, 6) is -0.207. The quantitative estimate of drug-likeness (QED) is 0.928. The van der Waals surface area contributed by atoms with E-state index in [4.69, 9.17) is 0 Å². The van der Waals surface area contributed by atoms with Crippen LogP contribution in [-0.4, -0.2) is 15.3 Å². The van der Waals surface area contributed by atoms with Crippen molar-refractivity contribution >= 4 is 0 Å². The van der Waals surface area contributed by atoms with E-state index >= 15 is 0 Å². The molecule has 0 spiro atoms. The summed E-state index contributed by atoms with van der Waals surface area (Å²) in [5, 5.41) is 7.94. The summed E-state index contributed by atoms with van der Waals surface area (Å²) in [5.41, 5.74) is 3.19. The molecule has 1 heterocycles. The van der Waals surface area contributed by atoms with Crippen molar-refractivity contribution in [3.63, 3.8) is 0 Å². The molecule has 2 aromatic rings. The third-order valence-electron chi connectivity index (χ3n) is 3.09. The molecule has 0 aliphatic heterocycles. The molecule has 0 aliphatic carbocycles. The third kappa shape index (κ3) is 4.17. The van der Waals surface area contributed by atoms with Gasteiger partial charge in [-0.15, -0.1) is 0 Å². The Morgan fingerprint density at radius 1 is 1.30 bits per heavy atom. The van der Waals surface area contributed by atoms with Gasteiger partial charge >= 0.3 is 0 Å². The van der Waals surface area contributed by atoms with Crippen LogP contribution in [0.1, 0.15) is 37.6 Å². The van der Waals surface area contributed by atoms with Crippen LogP contribution in [0.4, 0.5) is 4.39 Å². The highest BCUT2D eigenvalue weighted by atomic mass is 19.1. The first-order valence-electron chi connectivity index (χ1n) is 6.86. The molecule has 3 nitrogen and oxygen atoms in total. The van der Waals surface area contributed by atoms with Crippen molar-refractivity contribution in [2.75, 3.05) is 0 Å². The molecule has 0 saturated carbocycles. The van der Waals surface area contributed by atoms with Crippen LogP contribution in [0.15, 0.2) is 30.5 Å². The molecular formula is C16H22FN3. The maximum absolute atomic E-state index is 13.2. The summed E-state index contributed by atoms with van der Waals surface area (Å²) in [7, 11) is 0. The standard InChI is InChI=1S/C16H22FN3/c1-12-14(9-18-16(2,3)4)11-20(19-12)10-13-6-5-7-15(17)8-13/h5-8,11,18H,9-10H2,1-4H3. The fraction of sp³-hybridized carbons (Fsp3) is 0.438. The van der Waals surface area contributed by atoms with Crippen molar-refractivity contribution in [1.29, 1.82) is 0 Å². The maximum atomic E-state index is 13.2. The lowest BCUT2D eigenvalue weighted by Crippen LogP contribution is -2.35. The van der Waals surface area contributed by atoms with Gasteiger partial charge in [0.05, 0.1) is 12.2 Å². The first-order valence-corrected chi connectivity index (χ1v) is 6.86. The smallest absolute Gasteiger partial charge is 0.123 e. The lowest BCUT2D eigenvalue weighted by atomic mass is 10.1. The predicted octanol–water partition coefficient (Wildman–Crippen LogP) is 3.27. The van der Waals surface area contributed by atoms with Gasteiger partial charge in [-0.25, -0.2) is 4.39 Å². The van der Waals surface area contributed by atoms with Crippen molar-refractivity contribution in [2.24, 2.45) is 0 Å². The van der Waals surface area contributed by atoms with Crippen molar-refractivity contribution in [3.8, 4) is 0 Å². The number of hydrogen-bond donors (Lipinski definition) is 1. The highest BCUT2D eigenvalue weighted by Crippen LogP contribution is 2.11. The number of aryl methyl sites for hydroxylation is 1. The highest BCUT2D eigenvalue weighted by Gasteiger charge is 2.11. The zero-order valence-electron chi connectivity index (χ0n) is 12.6. The fourth-order valence-corrected chi connectivity index (χ4v) is 2.00. The number of aromatic nitrogens is 2. The lowest BCUT2D eigenvalue weighted by Gasteiger charge is -2.20. The molecule has 0 saturated heterocycles. The van der Waals surface area contributed by atoms with E-state index < -0.39 is 0 Å². The van der Waals surface area contributed by atoms with E-state index in [1.165, 1.54) is 11.6 Å². The molecule has 20 heavy (non-hydrogen) atoms. The van der Waals surface area contributed by atoms with E-state index in [1.807, 2.05) is 23.9 Å². The molecule has 1 aromatic carbocycles. The zero-order valence-corrected chi connectivity index (χ0v) is 12.6. The van der Waals surface area contributed by atoms with Gasteiger partial charge in [-0.2, -0.15) is 5.10 Å². The van der Waals surface area contributed by atoms with E-state index in [-0.39, 0.29) is 11.4 Å². The van der Waals surface area contributed by atoms with Gasteiger partial charge < -0.3 is 5.32 Å². The fourth-order valence-electron chi connectivity index (χ4n) is 2.00. The van der Waals surface area contributed by atoms with Crippen molar-refractivity contribution in [2.45, 2.75) is 46.3 Å². The van der Waals surface area contributed by atoms with Crippen molar-refractivity contribution < 1.29 is 4.39 Å². The summed E-state index contributed by atoms with van der Waals surface area (Å²) < 4.78 is 15.0. The summed E-state index contributed by atoms with van der Waals surface area (Å²) in [6.45, 7) is 9.80. The van der Waals surface area contributed by atoms with Gasteiger partial charge in [-0.3, -0.25) is 4.68 Å². The normalized spacial score (nSPS) is 11.8. The van der Waals surface area contributed by atoms with Gasteiger partial charge in [-0.1, -0.05) is 12.1 Å². The van der Waals surface area contributed by atoms with E-state index in [9.17, 15) is 4.39 Å². The molecule has 108 valence electrons. The minimum Gasteiger partial charge on any atom is -0.308 e. The highest BCUT2D eigenvalue weighted by molar-refractivity contribution is 5.19. The van der Waals surface area contributed by atoms with Gasteiger partial charge in [0.2, 0.25) is 0 Å². The Kier molecular flexibility index (Phi) is 4.23. The molecule has 0 aliphatic rings. The van der Waals surface area contributed by atoms with Gasteiger partial charge in [0.15, 0.2) is 0 Å². The number of hydrogen-bond acceptors (Lipinski definition) is 2. The Labute approximate surface area is 119 Å². The molecule has 0 unspecified atom stereocenters. The Morgan fingerprint density at radius 2 is 2.05 bits per heavy atom. The summed E-state index contributed by atoms with van der Waals surface area (Å²) >= 11 is 0. The summed E-state index contributed by atoms with van der Waals surface area (Å²) in [4.78, 5) is 0. The molecule has 0 atom stereocenters. The molecule has 0 bridgehead atoms. The second-order valence-corrected chi connectivity index (χ2v) is 6.17. The van der Waals surface area contributed by atoms with Gasteiger partial charge in [0, 0.05) is 23.8 Å². The van der Waals surface area contributed by atoms with Crippen LogP contribution in [0.2, 0.25) is 0 Å². The Bertz CT molecular complexity index is 582. The SMILES string of the molecule is Cc1nn(Cc2cccc(F)c2)cc1CNC(C)(C)C. The molecule has 0 fully saturated rings. The number of rotatable bonds is 4. The Hall–Kier alpha value is -1.68.